The van der Waals surface area contributed by atoms with E-state index in [1.807, 2.05) is 68.4 Å². The van der Waals surface area contributed by atoms with Crippen LogP contribution < -0.4 is 5.32 Å². The first-order chi connectivity index (χ1) is 15.5. The van der Waals surface area contributed by atoms with Crippen LogP contribution in [-0.2, 0) is 29.0 Å². The van der Waals surface area contributed by atoms with E-state index in [1.54, 1.807) is 17.0 Å². The minimum absolute atomic E-state index is 0.143. The Hall–Kier alpha value is -3.47. The number of hydrogen-bond donors (Lipinski definition) is 1. The number of rotatable bonds is 9. The summed E-state index contributed by atoms with van der Waals surface area (Å²) in [6.07, 6.45) is 0.589. The zero-order valence-corrected chi connectivity index (χ0v) is 18.6. The minimum atomic E-state index is -0.682. The Balaban J connectivity index is 1.95. The quantitative estimate of drug-likeness (QED) is 0.543. The van der Waals surface area contributed by atoms with Crippen molar-refractivity contribution in [2.45, 2.75) is 39.3 Å². The molecule has 3 rings (SSSR count). The van der Waals surface area contributed by atoms with Gasteiger partial charge in [-0.05, 0) is 48.2 Å². The fraction of sp³-hybridized carbons (Fsp3) is 0.259. The lowest BCUT2D eigenvalue weighted by Crippen LogP contribution is -2.51. The normalized spacial score (nSPS) is 11.6. The van der Waals surface area contributed by atoms with E-state index in [0.29, 0.717) is 13.0 Å². The third-order valence-electron chi connectivity index (χ3n) is 5.49. The summed E-state index contributed by atoms with van der Waals surface area (Å²) >= 11 is 0. The number of benzene rings is 3. The second kappa shape index (κ2) is 11.2. The number of nitrogens with one attached hydrogen (secondary N) is 1. The van der Waals surface area contributed by atoms with E-state index in [9.17, 15) is 14.0 Å². The molecule has 0 saturated carbocycles. The molecule has 3 aromatic carbocycles. The summed E-state index contributed by atoms with van der Waals surface area (Å²) < 4.78 is 13.4. The van der Waals surface area contributed by atoms with Crippen LogP contribution in [0.1, 0.15) is 29.2 Å². The first-order valence-electron chi connectivity index (χ1n) is 10.9. The van der Waals surface area contributed by atoms with Crippen molar-refractivity contribution in [3.8, 4) is 0 Å². The lowest BCUT2D eigenvalue weighted by molar-refractivity contribution is -0.140. The topological polar surface area (TPSA) is 49.4 Å². The molecular weight excluding hydrogens is 403 g/mol. The summed E-state index contributed by atoms with van der Waals surface area (Å²) in [7, 11) is 0. The van der Waals surface area contributed by atoms with E-state index >= 15 is 0 Å². The summed E-state index contributed by atoms with van der Waals surface area (Å²) in [5.41, 5.74) is 3.69. The van der Waals surface area contributed by atoms with E-state index in [4.69, 9.17) is 0 Å². The smallest absolute Gasteiger partial charge is 0.243 e. The van der Waals surface area contributed by atoms with Crippen molar-refractivity contribution in [2.75, 3.05) is 6.54 Å². The number of carbonyl (C=O) groups excluding carboxylic acids is 2. The van der Waals surface area contributed by atoms with Crippen molar-refractivity contribution in [1.82, 2.24) is 10.2 Å². The molecule has 2 amide bonds. The van der Waals surface area contributed by atoms with E-state index in [2.05, 4.69) is 5.32 Å². The molecule has 0 radical (unpaired) electrons. The monoisotopic (exact) mass is 432 g/mol. The number of hydrogen-bond acceptors (Lipinski definition) is 2. The molecule has 32 heavy (non-hydrogen) atoms. The molecule has 1 unspecified atom stereocenters. The van der Waals surface area contributed by atoms with Gasteiger partial charge in [-0.1, -0.05) is 66.7 Å². The van der Waals surface area contributed by atoms with Gasteiger partial charge in [0.2, 0.25) is 11.8 Å². The summed E-state index contributed by atoms with van der Waals surface area (Å²) in [6, 6.07) is 22.8. The molecule has 4 nitrogen and oxygen atoms in total. The van der Waals surface area contributed by atoms with Gasteiger partial charge in [-0.3, -0.25) is 9.59 Å². The molecule has 0 aromatic heterocycles. The van der Waals surface area contributed by atoms with Gasteiger partial charge in [0.25, 0.3) is 0 Å². The van der Waals surface area contributed by atoms with Crippen LogP contribution in [0.3, 0.4) is 0 Å². The largest absolute Gasteiger partial charge is 0.355 e. The van der Waals surface area contributed by atoms with Crippen molar-refractivity contribution in [2.24, 2.45) is 0 Å². The maximum Gasteiger partial charge on any atom is 0.243 e. The predicted molar refractivity (Wildman–Crippen MR) is 124 cm³/mol. The highest BCUT2D eigenvalue weighted by Gasteiger charge is 2.30. The average Bonchev–Trinajstić information content (AvgIpc) is 2.79. The average molecular weight is 433 g/mol. The number of likely N-dealkylation sites (N-methyl/N-ethyl adjacent to an activating group) is 1. The van der Waals surface area contributed by atoms with Crippen molar-refractivity contribution in [3.05, 3.63) is 107 Å². The third kappa shape index (κ3) is 6.27. The van der Waals surface area contributed by atoms with Gasteiger partial charge in [0.1, 0.15) is 11.9 Å². The molecule has 0 aliphatic heterocycles. The van der Waals surface area contributed by atoms with Crippen molar-refractivity contribution >= 4 is 11.8 Å². The van der Waals surface area contributed by atoms with Gasteiger partial charge in [-0.25, -0.2) is 4.39 Å². The van der Waals surface area contributed by atoms with Crippen molar-refractivity contribution < 1.29 is 14.0 Å². The molecule has 0 aliphatic rings. The molecule has 0 aliphatic carbocycles. The Labute approximate surface area is 189 Å². The van der Waals surface area contributed by atoms with Crippen LogP contribution in [0.4, 0.5) is 4.39 Å². The maximum absolute atomic E-state index is 13.5. The lowest BCUT2D eigenvalue weighted by atomic mass is 10.0. The Morgan fingerprint density at radius 2 is 1.56 bits per heavy atom. The summed E-state index contributed by atoms with van der Waals surface area (Å²) in [5.74, 6) is -0.677. The van der Waals surface area contributed by atoms with Gasteiger partial charge in [-0.15, -0.1) is 0 Å². The molecule has 0 spiro atoms. The Bertz CT molecular complexity index is 1040. The predicted octanol–water partition coefficient (Wildman–Crippen LogP) is 4.45. The van der Waals surface area contributed by atoms with Gasteiger partial charge < -0.3 is 10.2 Å². The number of halogens is 1. The summed E-state index contributed by atoms with van der Waals surface area (Å²) in [4.78, 5) is 28.3. The van der Waals surface area contributed by atoms with Crippen LogP contribution in [0.2, 0.25) is 0 Å². The molecule has 0 fully saturated rings. The van der Waals surface area contributed by atoms with Gasteiger partial charge in [0.05, 0.1) is 6.42 Å². The molecule has 3 aromatic rings. The molecule has 0 saturated heterocycles. The lowest BCUT2D eigenvalue weighted by Gasteiger charge is -2.31. The van der Waals surface area contributed by atoms with Crippen molar-refractivity contribution in [1.29, 1.82) is 0 Å². The first kappa shape index (κ1) is 23.2. The van der Waals surface area contributed by atoms with Crippen LogP contribution in [-0.4, -0.2) is 29.3 Å². The molecule has 0 heterocycles. The summed E-state index contributed by atoms with van der Waals surface area (Å²) in [6.45, 7) is 4.52. The van der Waals surface area contributed by atoms with E-state index in [0.717, 1.165) is 22.3 Å². The fourth-order valence-corrected chi connectivity index (χ4v) is 3.71. The number of aryl methyl sites for hydroxylation is 1. The van der Waals surface area contributed by atoms with Crippen LogP contribution in [0.25, 0.3) is 0 Å². The van der Waals surface area contributed by atoms with E-state index in [1.165, 1.54) is 12.1 Å². The summed E-state index contributed by atoms with van der Waals surface area (Å²) in [5, 5.41) is 2.88. The molecule has 5 heteroatoms. The standard InChI is InChI=1S/C27H29FN2O2/c1-3-29-27(32)25(17-21-10-5-4-6-11-21)30(19-22-13-15-24(28)16-14-22)26(31)18-23-12-8-7-9-20(23)2/h4-16,25H,3,17-19H2,1-2H3,(H,29,32). The van der Waals surface area contributed by atoms with Crippen molar-refractivity contribution in [3.63, 3.8) is 0 Å². The Morgan fingerprint density at radius 1 is 0.906 bits per heavy atom. The van der Waals surface area contributed by atoms with Crippen LogP contribution >= 0.6 is 0 Å². The number of nitrogens with zero attached hydrogens (tertiary/aromatic N) is 1. The van der Waals surface area contributed by atoms with Gasteiger partial charge in [0.15, 0.2) is 0 Å². The fourth-order valence-electron chi connectivity index (χ4n) is 3.71. The SMILES string of the molecule is CCNC(=O)C(Cc1ccccc1)N(Cc1ccc(F)cc1)C(=O)Cc1ccccc1C. The van der Waals surface area contributed by atoms with Crippen LogP contribution in [0.5, 0.6) is 0 Å². The molecule has 0 bridgehead atoms. The molecule has 1 atom stereocenters. The van der Waals surface area contributed by atoms with E-state index in [-0.39, 0.29) is 30.6 Å². The molecule has 1 N–H and O–H groups in total. The zero-order chi connectivity index (χ0) is 22.9. The second-order valence-corrected chi connectivity index (χ2v) is 7.85. The first-order valence-corrected chi connectivity index (χ1v) is 10.9. The molecule has 166 valence electrons. The highest BCUT2D eigenvalue weighted by Crippen LogP contribution is 2.18. The number of carbonyl (C=O) groups is 2. The third-order valence-corrected chi connectivity index (χ3v) is 5.49. The van der Waals surface area contributed by atoms with Gasteiger partial charge >= 0.3 is 0 Å². The Kier molecular flexibility index (Phi) is 8.14. The minimum Gasteiger partial charge on any atom is -0.355 e. The highest BCUT2D eigenvalue weighted by molar-refractivity contribution is 5.88. The highest BCUT2D eigenvalue weighted by atomic mass is 19.1. The van der Waals surface area contributed by atoms with E-state index < -0.39 is 6.04 Å². The van der Waals surface area contributed by atoms with Crippen LogP contribution in [0.15, 0.2) is 78.9 Å². The Morgan fingerprint density at radius 3 is 2.22 bits per heavy atom. The van der Waals surface area contributed by atoms with Crippen LogP contribution in [0, 0.1) is 12.7 Å². The zero-order valence-electron chi connectivity index (χ0n) is 18.6. The number of amides is 2. The molecular formula is C27H29FN2O2. The van der Waals surface area contributed by atoms with Gasteiger partial charge in [-0.2, -0.15) is 0 Å². The second-order valence-electron chi connectivity index (χ2n) is 7.85. The maximum atomic E-state index is 13.5. The van der Waals surface area contributed by atoms with Gasteiger partial charge in [0, 0.05) is 19.5 Å².